The zero-order valence-electron chi connectivity index (χ0n) is 13.9. The van der Waals surface area contributed by atoms with Gasteiger partial charge in [-0.2, -0.15) is 0 Å². The lowest BCUT2D eigenvalue weighted by Crippen LogP contribution is -2.38. The molecule has 1 aliphatic heterocycles. The summed E-state index contributed by atoms with van der Waals surface area (Å²) in [6, 6.07) is 14.7. The number of rotatable bonds is 3. The number of halogens is 1. The molecule has 4 rings (SSSR count). The van der Waals surface area contributed by atoms with Crippen LogP contribution in [0.4, 0.5) is 0 Å². The third kappa shape index (κ3) is 3.30. The van der Waals surface area contributed by atoms with Gasteiger partial charge in [-0.1, -0.05) is 35.9 Å². The summed E-state index contributed by atoms with van der Waals surface area (Å²) in [6.45, 7) is 0.852. The Kier molecular flexibility index (Phi) is 4.39. The van der Waals surface area contributed by atoms with Crippen LogP contribution in [0.25, 0.3) is 11.0 Å². The van der Waals surface area contributed by atoms with Crippen molar-refractivity contribution in [2.45, 2.75) is 13.0 Å². The second-order valence-corrected chi connectivity index (χ2v) is 6.64. The summed E-state index contributed by atoms with van der Waals surface area (Å²) in [6.07, 6.45) is 0.806. The fourth-order valence-corrected chi connectivity index (χ4v) is 3.29. The monoisotopic (exact) mass is 369 g/mol. The molecule has 26 heavy (non-hydrogen) atoms. The molecule has 0 saturated carbocycles. The molecule has 3 aromatic rings. The molecule has 0 fully saturated rings. The third-order valence-electron chi connectivity index (χ3n) is 4.49. The molecule has 1 aliphatic rings. The lowest BCUT2D eigenvalue weighted by Gasteiger charge is -2.28. The van der Waals surface area contributed by atoms with E-state index in [0.29, 0.717) is 29.1 Å². The van der Waals surface area contributed by atoms with Gasteiger partial charge in [0, 0.05) is 23.5 Å². The van der Waals surface area contributed by atoms with E-state index in [1.807, 2.05) is 18.2 Å². The first-order valence-electron chi connectivity index (χ1n) is 8.31. The Hall–Kier alpha value is -2.79. The van der Waals surface area contributed by atoms with Crippen molar-refractivity contribution in [2.24, 2.45) is 0 Å². The number of nitrogens with zero attached hydrogens (tertiary/aromatic N) is 1. The zero-order valence-corrected chi connectivity index (χ0v) is 14.7. The van der Waals surface area contributed by atoms with Crippen molar-refractivity contribution < 1.29 is 18.7 Å². The minimum atomic E-state index is -0.664. The van der Waals surface area contributed by atoms with Crippen molar-refractivity contribution >= 4 is 34.4 Å². The maximum atomic E-state index is 12.4. The molecule has 1 amide bonds. The predicted octanol–water partition coefficient (Wildman–Crippen LogP) is 3.83. The normalized spacial score (nSPS) is 13.5. The van der Waals surface area contributed by atoms with Gasteiger partial charge in [0.1, 0.15) is 5.58 Å². The highest BCUT2D eigenvalue weighted by Crippen LogP contribution is 2.23. The van der Waals surface area contributed by atoms with Gasteiger partial charge in [-0.05, 0) is 41.8 Å². The zero-order chi connectivity index (χ0) is 18.1. The molecule has 0 aliphatic carbocycles. The number of esters is 1. The van der Waals surface area contributed by atoms with Gasteiger partial charge in [-0.3, -0.25) is 4.79 Å². The number of furan rings is 1. The van der Waals surface area contributed by atoms with Crippen LogP contribution in [0.2, 0.25) is 5.02 Å². The number of ether oxygens (including phenoxy) is 1. The van der Waals surface area contributed by atoms with Gasteiger partial charge in [0.15, 0.2) is 6.61 Å². The van der Waals surface area contributed by atoms with E-state index in [2.05, 4.69) is 6.07 Å². The van der Waals surface area contributed by atoms with Gasteiger partial charge in [0.25, 0.3) is 5.91 Å². The standard InChI is InChI=1S/C20H16ClNO4/c21-16-5-6-17-15(9-16)10-18(26-17)20(24)25-12-19(23)22-8-7-13-3-1-2-4-14(13)11-22/h1-6,9-10H,7-8,11-12H2. The van der Waals surface area contributed by atoms with E-state index >= 15 is 0 Å². The van der Waals surface area contributed by atoms with Crippen molar-refractivity contribution in [1.82, 2.24) is 4.90 Å². The molecule has 2 heterocycles. The number of carbonyl (C=O) groups excluding carboxylic acids is 2. The van der Waals surface area contributed by atoms with Crippen LogP contribution in [0.3, 0.4) is 0 Å². The Labute approximate surface area is 155 Å². The summed E-state index contributed by atoms with van der Waals surface area (Å²) in [5.41, 5.74) is 2.93. The summed E-state index contributed by atoms with van der Waals surface area (Å²) in [5, 5.41) is 1.27. The maximum Gasteiger partial charge on any atom is 0.374 e. The van der Waals surface area contributed by atoms with Crippen LogP contribution in [0.15, 0.2) is 52.9 Å². The average Bonchev–Trinajstić information content (AvgIpc) is 3.08. The molecule has 6 heteroatoms. The van der Waals surface area contributed by atoms with Crippen LogP contribution >= 0.6 is 11.6 Å². The highest BCUT2D eigenvalue weighted by Gasteiger charge is 2.22. The lowest BCUT2D eigenvalue weighted by atomic mass is 10.00. The molecule has 0 unspecified atom stereocenters. The molecule has 1 aromatic heterocycles. The first kappa shape index (κ1) is 16.7. The van der Waals surface area contributed by atoms with Crippen LogP contribution in [0.1, 0.15) is 21.7 Å². The second kappa shape index (κ2) is 6.84. The van der Waals surface area contributed by atoms with Crippen molar-refractivity contribution in [3.8, 4) is 0 Å². The van der Waals surface area contributed by atoms with Gasteiger partial charge in [0.2, 0.25) is 5.76 Å². The molecule has 132 valence electrons. The predicted molar refractivity (Wildman–Crippen MR) is 97.1 cm³/mol. The SMILES string of the molecule is O=C(OCC(=O)N1CCc2ccccc2C1)c1cc2cc(Cl)ccc2o1. The molecule has 5 nitrogen and oxygen atoms in total. The maximum absolute atomic E-state index is 12.4. The van der Waals surface area contributed by atoms with Gasteiger partial charge >= 0.3 is 5.97 Å². The summed E-state index contributed by atoms with van der Waals surface area (Å²) >= 11 is 5.92. The molecule has 0 saturated heterocycles. The fourth-order valence-electron chi connectivity index (χ4n) is 3.11. The topological polar surface area (TPSA) is 59.8 Å². The first-order valence-corrected chi connectivity index (χ1v) is 8.69. The molecule has 0 N–H and O–H groups in total. The Morgan fingerprint density at radius 2 is 1.92 bits per heavy atom. The summed E-state index contributed by atoms with van der Waals surface area (Å²) in [7, 11) is 0. The lowest BCUT2D eigenvalue weighted by molar-refractivity contribution is -0.135. The molecule has 0 radical (unpaired) electrons. The summed E-state index contributed by atoms with van der Waals surface area (Å²) in [4.78, 5) is 26.2. The Morgan fingerprint density at radius 1 is 1.12 bits per heavy atom. The van der Waals surface area contributed by atoms with E-state index in [0.717, 1.165) is 12.0 Å². The van der Waals surface area contributed by atoms with Gasteiger partial charge in [-0.15, -0.1) is 0 Å². The Morgan fingerprint density at radius 3 is 2.77 bits per heavy atom. The number of benzene rings is 2. The summed E-state index contributed by atoms with van der Waals surface area (Å²) < 4.78 is 10.6. The van der Waals surface area contributed by atoms with Crippen LogP contribution in [0, 0.1) is 0 Å². The summed E-state index contributed by atoms with van der Waals surface area (Å²) in [5.74, 6) is -0.825. The number of fused-ring (bicyclic) bond motifs is 2. The quantitative estimate of drug-likeness (QED) is 0.658. The molecule has 2 aromatic carbocycles. The molecule has 0 atom stereocenters. The Balaban J connectivity index is 1.38. The van der Waals surface area contributed by atoms with Crippen LogP contribution in [-0.4, -0.2) is 29.9 Å². The largest absolute Gasteiger partial charge is 0.450 e. The van der Waals surface area contributed by atoms with Crippen LogP contribution in [-0.2, 0) is 22.5 Å². The highest BCUT2D eigenvalue weighted by molar-refractivity contribution is 6.31. The molecular formula is C20H16ClNO4. The van der Waals surface area contributed by atoms with Crippen molar-refractivity contribution in [2.75, 3.05) is 13.2 Å². The number of hydrogen-bond donors (Lipinski definition) is 0. The number of hydrogen-bond acceptors (Lipinski definition) is 4. The van der Waals surface area contributed by atoms with Crippen molar-refractivity contribution in [3.05, 3.63) is 70.4 Å². The van der Waals surface area contributed by atoms with Crippen molar-refractivity contribution in [1.29, 1.82) is 0 Å². The molecular weight excluding hydrogens is 354 g/mol. The van der Waals surface area contributed by atoms with Gasteiger partial charge in [0.05, 0.1) is 0 Å². The van der Waals surface area contributed by atoms with Crippen LogP contribution in [0.5, 0.6) is 0 Å². The minimum absolute atomic E-state index is 0.0547. The van der Waals surface area contributed by atoms with E-state index in [1.54, 1.807) is 29.2 Å². The van der Waals surface area contributed by atoms with Crippen molar-refractivity contribution in [3.63, 3.8) is 0 Å². The fraction of sp³-hybridized carbons (Fsp3) is 0.200. The Bertz CT molecular complexity index is 994. The van der Waals surface area contributed by atoms with E-state index in [-0.39, 0.29) is 18.3 Å². The first-order chi connectivity index (χ1) is 12.6. The van der Waals surface area contributed by atoms with E-state index in [9.17, 15) is 9.59 Å². The van der Waals surface area contributed by atoms with Gasteiger partial charge in [-0.25, -0.2) is 4.79 Å². The van der Waals surface area contributed by atoms with E-state index < -0.39 is 5.97 Å². The van der Waals surface area contributed by atoms with Gasteiger partial charge < -0.3 is 14.1 Å². The number of amides is 1. The number of carbonyl (C=O) groups is 2. The smallest absolute Gasteiger partial charge is 0.374 e. The van der Waals surface area contributed by atoms with E-state index in [1.165, 1.54) is 5.56 Å². The van der Waals surface area contributed by atoms with Crippen LogP contribution < -0.4 is 0 Å². The van der Waals surface area contributed by atoms with E-state index in [4.69, 9.17) is 20.8 Å². The second-order valence-electron chi connectivity index (χ2n) is 6.20. The average molecular weight is 370 g/mol. The molecule has 0 spiro atoms. The minimum Gasteiger partial charge on any atom is -0.450 e. The molecule has 0 bridgehead atoms. The third-order valence-corrected chi connectivity index (χ3v) is 4.72. The highest BCUT2D eigenvalue weighted by atomic mass is 35.5.